The minimum atomic E-state index is -0.761. The van der Waals surface area contributed by atoms with Crippen molar-refractivity contribution in [1.82, 2.24) is 9.97 Å². The summed E-state index contributed by atoms with van der Waals surface area (Å²) in [5.41, 5.74) is 0.266. The maximum absolute atomic E-state index is 12.4. The van der Waals surface area contributed by atoms with E-state index in [0.717, 1.165) is 0 Å². The molecule has 124 valence electrons. The fourth-order valence-corrected chi connectivity index (χ4v) is 3.13. The number of benzene rings is 1. The molecule has 24 heavy (non-hydrogen) atoms. The summed E-state index contributed by atoms with van der Waals surface area (Å²) < 4.78 is 4.87. The summed E-state index contributed by atoms with van der Waals surface area (Å²) in [5, 5.41) is 3.28. The van der Waals surface area contributed by atoms with Crippen LogP contribution in [0.5, 0.6) is 0 Å². The summed E-state index contributed by atoms with van der Waals surface area (Å²) in [6, 6.07) is 6.90. The van der Waals surface area contributed by atoms with E-state index in [1.807, 2.05) is 0 Å². The van der Waals surface area contributed by atoms with E-state index in [1.54, 1.807) is 31.2 Å². The number of halogens is 1. The van der Waals surface area contributed by atoms with Gasteiger partial charge in [-0.2, -0.15) is 0 Å². The molecule has 1 aromatic heterocycles. The molecule has 3 rings (SSSR count). The number of aromatic amines is 2. The number of rotatable bonds is 2. The number of hydrogen-bond acceptors (Lipinski definition) is 5. The molecule has 0 spiro atoms. The molecule has 1 aromatic carbocycles. The van der Waals surface area contributed by atoms with Gasteiger partial charge in [0.25, 0.3) is 5.56 Å². The number of aromatic nitrogens is 2. The Kier molecular flexibility index (Phi) is 4.02. The van der Waals surface area contributed by atoms with Gasteiger partial charge in [-0.3, -0.25) is 14.8 Å². The van der Waals surface area contributed by atoms with Gasteiger partial charge in [0, 0.05) is 10.7 Å². The summed E-state index contributed by atoms with van der Waals surface area (Å²) in [4.78, 5) is 41.0. The van der Waals surface area contributed by atoms with Crippen molar-refractivity contribution >= 4 is 23.4 Å². The minimum absolute atomic E-state index is 0.203. The summed E-state index contributed by atoms with van der Waals surface area (Å²) >= 11 is 6.29. The molecule has 0 fully saturated rings. The van der Waals surface area contributed by atoms with E-state index in [-0.39, 0.29) is 17.0 Å². The van der Waals surface area contributed by atoms with Crippen LogP contribution in [0.2, 0.25) is 5.02 Å². The fourth-order valence-electron chi connectivity index (χ4n) is 2.89. The van der Waals surface area contributed by atoms with Gasteiger partial charge >= 0.3 is 11.7 Å². The van der Waals surface area contributed by atoms with Crippen molar-refractivity contribution in [3.05, 3.63) is 72.5 Å². The van der Waals surface area contributed by atoms with Gasteiger partial charge in [-0.05, 0) is 18.6 Å². The topological polar surface area (TPSA) is 104 Å². The Morgan fingerprint density at radius 3 is 2.58 bits per heavy atom. The zero-order valence-corrected chi connectivity index (χ0v) is 13.7. The second-order valence-electron chi connectivity index (χ2n) is 5.31. The number of methoxy groups -OCH3 is 1. The number of carbonyl (C=O) groups excluding carboxylic acids is 1. The molecule has 0 saturated heterocycles. The minimum Gasteiger partial charge on any atom is -0.466 e. The van der Waals surface area contributed by atoms with E-state index in [9.17, 15) is 14.4 Å². The molecular formula is C16H14ClN3O4. The highest BCUT2D eigenvalue weighted by atomic mass is 35.5. The van der Waals surface area contributed by atoms with Crippen molar-refractivity contribution in [3.8, 4) is 0 Å². The molecule has 2 aromatic rings. The predicted octanol–water partition coefficient (Wildman–Crippen LogP) is 1.72. The van der Waals surface area contributed by atoms with E-state index in [4.69, 9.17) is 16.3 Å². The Morgan fingerprint density at radius 2 is 1.92 bits per heavy atom. The number of allylic oxidation sites excluding steroid dienone is 1. The van der Waals surface area contributed by atoms with Crippen molar-refractivity contribution in [2.45, 2.75) is 12.8 Å². The van der Waals surface area contributed by atoms with Crippen molar-refractivity contribution < 1.29 is 9.53 Å². The summed E-state index contributed by atoms with van der Waals surface area (Å²) in [6.45, 7) is 1.67. The van der Waals surface area contributed by atoms with Gasteiger partial charge in [0.2, 0.25) is 0 Å². The number of esters is 1. The number of H-pyrrole nitrogens is 2. The first-order valence-corrected chi connectivity index (χ1v) is 7.49. The molecule has 0 unspecified atom stereocenters. The number of carbonyl (C=O) groups is 1. The van der Waals surface area contributed by atoms with E-state index in [2.05, 4.69) is 15.3 Å². The van der Waals surface area contributed by atoms with Crippen molar-refractivity contribution in [2.24, 2.45) is 0 Å². The highest BCUT2D eigenvalue weighted by Gasteiger charge is 2.36. The first kappa shape index (κ1) is 16.1. The van der Waals surface area contributed by atoms with Crippen LogP contribution in [-0.4, -0.2) is 23.0 Å². The maximum atomic E-state index is 12.4. The number of ether oxygens (including phenoxy) is 1. The molecule has 3 N–H and O–H groups in total. The molecule has 0 saturated carbocycles. The van der Waals surface area contributed by atoms with Crippen molar-refractivity contribution in [1.29, 1.82) is 0 Å². The second kappa shape index (κ2) is 6.01. The molecule has 2 heterocycles. The molecule has 1 aliphatic rings. The Hall–Kier alpha value is -2.80. The van der Waals surface area contributed by atoms with Crippen LogP contribution in [0.1, 0.15) is 24.0 Å². The van der Waals surface area contributed by atoms with Gasteiger partial charge in [-0.15, -0.1) is 0 Å². The van der Waals surface area contributed by atoms with E-state index in [1.165, 1.54) is 7.11 Å². The first-order valence-electron chi connectivity index (χ1n) is 7.11. The Bertz CT molecular complexity index is 974. The molecule has 8 heteroatoms. The molecule has 0 radical (unpaired) electrons. The smallest absolute Gasteiger partial charge is 0.336 e. The number of hydrogen-bond donors (Lipinski definition) is 3. The quantitative estimate of drug-likeness (QED) is 0.718. The van der Waals surface area contributed by atoms with Gasteiger partial charge in [-0.1, -0.05) is 29.8 Å². The third kappa shape index (κ3) is 2.52. The SMILES string of the molecule is COC(=O)C1=C(C)Nc2[nH]c(=O)[nH]c(=O)c2[C@H]1c1ccccc1Cl. The van der Waals surface area contributed by atoms with Crippen LogP contribution >= 0.6 is 11.6 Å². The largest absolute Gasteiger partial charge is 0.466 e. The van der Waals surface area contributed by atoms with Crippen molar-refractivity contribution in [2.75, 3.05) is 12.4 Å². The van der Waals surface area contributed by atoms with Crippen LogP contribution in [-0.2, 0) is 9.53 Å². The molecule has 0 amide bonds. The molecule has 1 atom stereocenters. The Labute approximate surface area is 141 Å². The fraction of sp³-hybridized carbons (Fsp3) is 0.188. The van der Waals surface area contributed by atoms with Gasteiger partial charge in [0.15, 0.2) is 0 Å². The van der Waals surface area contributed by atoms with Crippen LogP contribution in [0.4, 0.5) is 5.82 Å². The maximum Gasteiger partial charge on any atom is 0.336 e. The average molecular weight is 348 g/mol. The lowest BCUT2D eigenvalue weighted by atomic mass is 9.82. The average Bonchev–Trinajstić information content (AvgIpc) is 2.53. The lowest BCUT2D eigenvalue weighted by Crippen LogP contribution is -2.34. The molecule has 0 aliphatic carbocycles. The van der Waals surface area contributed by atoms with E-state index >= 15 is 0 Å². The van der Waals surface area contributed by atoms with Gasteiger partial charge < -0.3 is 10.1 Å². The predicted molar refractivity (Wildman–Crippen MR) is 89.3 cm³/mol. The van der Waals surface area contributed by atoms with Crippen LogP contribution < -0.4 is 16.6 Å². The van der Waals surface area contributed by atoms with E-state index < -0.39 is 23.1 Å². The summed E-state index contributed by atoms with van der Waals surface area (Å²) in [7, 11) is 1.26. The van der Waals surface area contributed by atoms with Crippen molar-refractivity contribution in [3.63, 3.8) is 0 Å². The van der Waals surface area contributed by atoms with Gasteiger partial charge in [-0.25, -0.2) is 9.59 Å². The summed E-state index contributed by atoms with van der Waals surface area (Å²) in [6.07, 6.45) is 0. The van der Waals surface area contributed by atoms with E-state index in [0.29, 0.717) is 16.3 Å². The normalized spacial score (nSPS) is 16.4. The van der Waals surface area contributed by atoms with Crippen LogP contribution in [0.15, 0.2) is 45.1 Å². The number of anilines is 1. The van der Waals surface area contributed by atoms with Crippen LogP contribution in [0.3, 0.4) is 0 Å². The summed E-state index contributed by atoms with van der Waals surface area (Å²) in [5.74, 6) is -1.11. The third-order valence-corrected chi connectivity index (χ3v) is 4.24. The second-order valence-corrected chi connectivity index (χ2v) is 5.71. The molecular weight excluding hydrogens is 334 g/mol. The highest BCUT2D eigenvalue weighted by Crippen LogP contribution is 2.41. The van der Waals surface area contributed by atoms with Gasteiger partial charge in [0.1, 0.15) is 5.82 Å². The lowest BCUT2D eigenvalue weighted by Gasteiger charge is -2.28. The molecule has 7 nitrogen and oxygen atoms in total. The Balaban J connectivity index is 2.37. The molecule has 0 bridgehead atoms. The number of nitrogens with one attached hydrogen (secondary N) is 3. The monoisotopic (exact) mass is 347 g/mol. The van der Waals surface area contributed by atoms with Crippen LogP contribution in [0.25, 0.3) is 0 Å². The zero-order valence-electron chi connectivity index (χ0n) is 12.9. The standard InChI is InChI=1S/C16H14ClN3O4/c1-7-10(15(22)24-2)11(8-5-3-4-6-9(8)17)12-13(18-7)19-16(23)20-14(12)21/h3-6,11H,1-2H3,(H3,18,19,20,21,23)/t11-/m0/s1. The number of fused-ring (bicyclic) bond motifs is 1. The van der Waals surface area contributed by atoms with Gasteiger partial charge in [0.05, 0.1) is 24.2 Å². The third-order valence-electron chi connectivity index (χ3n) is 3.89. The zero-order chi connectivity index (χ0) is 17.4. The van der Waals surface area contributed by atoms with Crippen LogP contribution in [0, 0.1) is 0 Å². The lowest BCUT2D eigenvalue weighted by molar-refractivity contribution is -0.136. The molecule has 1 aliphatic heterocycles. The highest BCUT2D eigenvalue weighted by molar-refractivity contribution is 6.31. The Morgan fingerprint density at radius 1 is 1.21 bits per heavy atom. The first-order chi connectivity index (χ1) is 11.4.